The molecule has 0 bridgehead atoms. The molecule has 0 radical (unpaired) electrons. The molecule has 1 aromatic heterocycles. The average molecular weight is 318 g/mol. The summed E-state index contributed by atoms with van der Waals surface area (Å²) in [4.78, 5) is 16.4. The second kappa shape index (κ2) is 7.39. The van der Waals surface area contributed by atoms with E-state index in [-0.39, 0.29) is 5.91 Å². The molecule has 0 spiro atoms. The van der Waals surface area contributed by atoms with Gasteiger partial charge in [0.05, 0.1) is 0 Å². The number of anilines is 3. The third-order valence-corrected chi connectivity index (χ3v) is 3.58. The van der Waals surface area contributed by atoms with Crippen molar-refractivity contribution in [3.05, 3.63) is 84.2 Å². The molecule has 5 heteroatoms. The molecule has 4 N–H and O–H groups in total. The van der Waals surface area contributed by atoms with Crippen molar-refractivity contribution in [2.75, 3.05) is 10.6 Å². The molecule has 3 aromatic rings. The van der Waals surface area contributed by atoms with Crippen LogP contribution in [-0.4, -0.2) is 10.9 Å². The van der Waals surface area contributed by atoms with E-state index in [4.69, 9.17) is 5.73 Å². The van der Waals surface area contributed by atoms with E-state index in [9.17, 15) is 4.79 Å². The van der Waals surface area contributed by atoms with E-state index in [0.717, 1.165) is 16.9 Å². The van der Waals surface area contributed by atoms with Crippen LogP contribution in [0.2, 0.25) is 0 Å². The summed E-state index contributed by atoms with van der Waals surface area (Å²) < 4.78 is 0. The molecular weight excluding hydrogens is 300 g/mol. The summed E-state index contributed by atoms with van der Waals surface area (Å²) in [7, 11) is 0. The monoisotopic (exact) mass is 318 g/mol. The molecule has 120 valence electrons. The van der Waals surface area contributed by atoms with Crippen LogP contribution in [0.4, 0.5) is 17.1 Å². The topological polar surface area (TPSA) is 80.0 Å². The van der Waals surface area contributed by atoms with Crippen LogP contribution in [0.3, 0.4) is 0 Å². The van der Waals surface area contributed by atoms with Gasteiger partial charge in [-0.2, -0.15) is 0 Å². The van der Waals surface area contributed by atoms with E-state index >= 15 is 0 Å². The molecule has 5 nitrogen and oxygen atoms in total. The van der Waals surface area contributed by atoms with Crippen LogP contribution in [0, 0.1) is 0 Å². The highest BCUT2D eigenvalue weighted by Gasteiger charge is 2.10. The van der Waals surface area contributed by atoms with E-state index in [2.05, 4.69) is 15.6 Å². The number of carbonyl (C=O) groups is 1. The number of aromatic nitrogens is 1. The molecule has 0 saturated heterocycles. The Morgan fingerprint density at radius 2 is 1.71 bits per heavy atom. The Labute approximate surface area is 140 Å². The molecule has 3 rings (SSSR count). The smallest absolute Gasteiger partial charge is 0.255 e. The molecule has 1 heterocycles. The summed E-state index contributed by atoms with van der Waals surface area (Å²) in [6.45, 7) is 0.390. The van der Waals surface area contributed by atoms with Crippen LogP contribution in [0.5, 0.6) is 0 Å². The van der Waals surface area contributed by atoms with Crippen molar-refractivity contribution in [2.24, 2.45) is 5.73 Å². The van der Waals surface area contributed by atoms with Crippen molar-refractivity contribution in [1.82, 2.24) is 4.98 Å². The number of para-hydroxylation sites is 1. The second-order valence-corrected chi connectivity index (χ2v) is 5.26. The van der Waals surface area contributed by atoms with Crippen molar-refractivity contribution in [2.45, 2.75) is 6.54 Å². The highest BCUT2D eigenvalue weighted by Crippen LogP contribution is 2.23. The van der Waals surface area contributed by atoms with Crippen molar-refractivity contribution in [1.29, 1.82) is 0 Å². The molecule has 0 saturated carbocycles. The number of pyridine rings is 1. The Morgan fingerprint density at radius 3 is 2.42 bits per heavy atom. The highest BCUT2D eigenvalue weighted by atomic mass is 16.1. The van der Waals surface area contributed by atoms with Gasteiger partial charge in [-0.1, -0.05) is 24.3 Å². The van der Waals surface area contributed by atoms with E-state index in [1.807, 2.05) is 42.5 Å². The van der Waals surface area contributed by atoms with Gasteiger partial charge in [0, 0.05) is 41.6 Å². The molecule has 24 heavy (non-hydrogen) atoms. The van der Waals surface area contributed by atoms with Crippen LogP contribution < -0.4 is 16.4 Å². The minimum atomic E-state index is -0.180. The molecule has 2 aromatic carbocycles. The van der Waals surface area contributed by atoms with E-state index in [1.165, 1.54) is 0 Å². The quantitative estimate of drug-likeness (QED) is 0.672. The molecule has 0 unspecified atom stereocenters. The lowest BCUT2D eigenvalue weighted by atomic mass is 10.1. The standard InChI is InChI=1S/C19H18N4O/c20-13-15-7-6-14(19(24)23-17-8-10-21-11-9-17)12-18(15)22-16-4-2-1-3-5-16/h1-12,22H,13,20H2,(H,21,23,24). The van der Waals surface area contributed by atoms with Crippen molar-refractivity contribution < 1.29 is 4.79 Å². The minimum Gasteiger partial charge on any atom is -0.355 e. The maximum Gasteiger partial charge on any atom is 0.255 e. The van der Waals surface area contributed by atoms with E-state index in [0.29, 0.717) is 17.8 Å². The molecule has 0 aliphatic heterocycles. The first-order valence-corrected chi connectivity index (χ1v) is 7.63. The van der Waals surface area contributed by atoms with Crippen LogP contribution >= 0.6 is 0 Å². The first-order valence-electron chi connectivity index (χ1n) is 7.63. The number of carbonyl (C=O) groups excluding carboxylic acids is 1. The van der Waals surface area contributed by atoms with Crippen molar-refractivity contribution in [3.8, 4) is 0 Å². The first kappa shape index (κ1) is 15.7. The van der Waals surface area contributed by atoms with Gasteiger partial charge in [-0.05, 0) is 42.0 Å². The summed E-state index contributed by atoms with van der Waals surface area (Å²) in [5, 5.41) is 6.16. The molecule has 0 aliphatic rings. The zero-order valence-electron chi connectivity index (χ0n) is 13.1. The number of rotatable bonds is 5. The third kappa shape index (κ3) is 3.77. The normalized spacial score (nSPS) is 10.2. The number of amides is 1. The summed E-state index contributed by atoms with van der Waals surface area (Å²) >= 11 is 0. The summed E-state index contributed by atoms with van der Waals surface area (Å²) in [6, 6.07) is 18.7. The molecular formula is C19H18N4O. The average Bonchev–Trinajstić information content (AvgIpc) is 2.63. The fraction of sp³-hybridized carbons (Fsp3) is 0.0526. The first-order chi connectivity index (χ1) is 11.8. The molecule has 0 aliphatic carbocycles. The maximum absolute atomic E-state index is 12.4. The van der Waals surface area contributed by atoms with Gasteiger partial charge in [-0.15, -0.1) is 0 Å². The van der Waals surface area contributed by atoms with Crippen LogP contribution in [-0.2, 0) is 6.54 Å². The molecule has 0 fully saturated rings. The number of nitrogens with zero attached hydrogens (tertiary/aromatic N) is 1. The second-order valence-electron chi connectivity index (χ2n) is 5.26. The maximum atomic E-state index is 12.4. The summed E-state index contributed by atoms with van der Waals surface area (Å²) in [5.41, 5.74) is 9.78. The lowest BCUT2D eigenvalue weighted by Gasteiger charge is -2.13. The molecule has 0 atom stereocenters. The SMILES string of the molecule is NCc1ccc(C(=O)Nc2ccncc2)cc1Nc1ccccc1. The van der Waals surface area contributed by atoms with Crippen molar-refractivity contribution >= 4 is 23.0 Å². The Morgan fingerprint density at radius 1 is 0.958 bits per heavy atom. The van der Waals surface area contributed by atoms with Gasteiger partial charge >= 0.3 is 0 Å². The van der Waals surface area contributed by atoms with Gasteiger partial charge in [0.2, 0.25) is 0 Å². The molecule has 1 amide bonds. The summed E-state index contributed by atoms with van der Waals surface area (Å²) in [5.74, 6) is -0.180. The number of benzene rings is 2. The third-order valence-electron chi connectivity index (χ3n) is 3.58. The lowest BCUT2D eigenvalue weighted by Crippen LogP contribution is -2.13. The van der Waals surface area contributed by atoms with Crippen LogP contribution in [0.25, 0.3) is 0 Å². The summed E-state index contributed by atoms with van der Waals surface area (Å²) in [6.07, 6.45) is 3.27. The minimum absolute atomic E-state index is 0.180. The largest absolute Gasteiger partial charge is 0.355 e. The Hall–Kier alpha value is -3.18. The lowest BCUT2D eigenvalue weighted by molar-refractivity contribution is 0.102. The van der Waals surface area contributed by atoms with Crippen LogP contribution in [0.1, 0.15) is 15.9 Å². The van der Waals surface area contributed by atoms with E-state index < -0.39 is 0 Å². The Balaban J connectivity index is 1.84. The van der Waals surface area contributed by atoms with Gasteiger partial charge < -0.3 is 16.4 Å². The van der Waals surface area contributed by atoms with Crippen molar-refractivity contribution in [3.63, 3.8) is 0 Å². The Bertz CT molecular complexity index is 819. The Kier molecular flexibility index (Phi) is 4.84. The fourth-order valence-corrected chi connectivity index (χ4v) is 2.33. The zero-order valence-corrected chi connectivity index (χ0v) is 13.1. The number of nitrogens with two attached hydrogens (primary N) is 1. The van der Waals surface area contributed by atoms with Gasteiger partial charge in [0.25, 0.3) is 5.91 Å². The van der Waals surface area contributed by atoms with Gasteiger partial charge in [0.15, 0.2) is 0 Å². The predicted octanol–water partition coefficient (Wildman–Crippen LogP) is 3.54. The fourth-order valence-electron chi connectivity index (χ4n) is 2.33. The number of hydrogen-bond acceptors (Lipinski definition) is 4. The zero-order chi connectivity index (χ0) is 16.8. The van der Waals surface area contributed by atoms with Gasteiger partial charge in [-0.25, -0.2) is 0 Å². The highest BCUT2D eigenvalue weighted by molar-refractivity contribution is 6.05. The number of hydrogen-bond donors (Lipinski definition) is 3. The van der Waals surface area contributed by atoms with E-state index in [1.54, 1.807) is 30.6 Å². The predicted molar refractivity (Wildman–Crippen MR) is 96.2 cm³/mol. The van der Waals surface area contributed by atoms with Crippen LogP contribution in [0.15, 0.2) is 73.1 Å². The van der Waals surface area contributed by atoms with Gasteiger partial charge in [-0.3, -0.25) is 9.78 Å². The van der Waals surface area contributed by atoms with Gasteiger partial charge in [0.1, 0.15) is 0 Å². The number of nitrogens with one attached hydrogen (secondary N) is 2.